The number of unbranched alkanes of at least 4 members (excludes halogenated alkanes) is 2. The van der Waals surface area contributed by atoms with Gasteiger partial charge in [0, 0.05) is 12.8 Å². The van der Waals surface area contributed by atoms with Crippen molar-refractivity contribution in [1.82, 2.24) is 0 Å². The Labute approximate surface area is 184 Å². The van der Waals surface area contributed by atoms with Crippen molar-refractivity contribution in [3.05, 3.63) is 40.5 Å². The summed E-state index contributed by atoms with van der Waals surface area (Å²) in [5, 5.41) is 0. The van der Waals surface area contributed by atoms with Crippen LogP contribution in [0.2, 0.25) is 0 Å². The lowest BCUT2D eigenvalue weighted by molar-refractivity contribution is -0.119. The van der Waals surface area contributed by atoms with E-state index in [1.165, 1.54) is 57.8 Å². The Bertz CT molecular complexity index is 776. The zero-order valence-corrected chi connectivity index (χ0v) is 19.6. The monoisotopic (exact) mass is 406 g/mol. The molecule has 4 rings (SSSR count). The maximum Gasteiger partial charge on any atom is 0.133 e. The minimum atomic E-state index is 0.494. The lowest BCUT2D eigenvalue weighted by Crippen LogP contribution is -2.20. The summed E-state index contributed by atoms with van der Waals surface area (Å²) >= 11 is 0. The number of hydrogen-bond acceptors (Lipinski definition) is 1. The van der Waals surface area contributed by atoms with Crippen LogP contribution < -0.4 is 0 Å². The fraction of sp³-hybridized carbons (Fsp3) is 0.690. The van der Waals surface area contributed by atoms with Gasteiger partial charge in [-0.3, -0.25) is 4.79 Å². The number of carbonyl (C=O) groups excluding carboxylic acids is 1. The molecule has 0 amide bonds. The van der Waals surface area contributed by atoms with Crippen LogP contribution in [0.15, 0.2) is 23.8 Å². The molecule has 3 aliphatic carbocycles. The Kier molecular flexibility index (Phi) is 7.16. The van der Waals surface area contributed by atoms with Gasteiger partial charge in [0.15, 0.2) is 0 Å². The minimum absolute atomic E-state index is 0.494. The van der Waals surface area contributed by atoms with E-state index in [2.05, 4.69) is 39.0 Å². The second-order valence-electron chi connectivity index (χ2n) is 10.8. The molecular formula is C29H42O. The highest BCUT2D eigenvalue weighted by Gasteiger charge is 2.35. The molecule has 0 aliphatic heterocycles. The fourth-order valence-corrected chi connectivity index (χ4v) is 6.55. The number of benzene rings is 1. The fourth-order valence-electron chi connectivity index (χ4n) is 6.55. The standard InChI is InChI=1S/C29H42O/c1-4-5-6-10-27(30)19-26-16-15-25-18-24-9-7-8-23(28(24)29(25)26)17-21-11-13-22(14-12-21)20(2)3/h7-9,20-22,26H,4-6,10-19H2,1-3H3/t21-,22-,26?. The van der Waals surface area contributed by atoms with Crippen LogP contribution >= 0.6 is 0 Å². The first-order valence-corrected chi connectivity index (χ1v) is 12.9. The van der Waals surface area contributed by atoms with Gasteiger partial charge in [-0.25, -0.2) is 0 Å². The summed E-state index contributed by atoms with van der Waals surface area (Å²) in [5.41, 5.74) is 8.00. The van der Waals surface area contributed by atoms with Crippen LogP contribution in [0.4, 0.5) is 0 Å². The van der Waals surface area contributed by atoms with Crippen molar-refractivity contribution in [3.8, 4) is 0 Å². The van der Waals surface area contributed by atoms with Gasteiger partial charge in [-0.05, 0) is 104 Å². The van der Waals surface area contributed by atoms with E-state index in [4.69, 9.17) is 0 Å². The zero-order chi connectivity index (χ0) is 21.1. The summed E-state index contributed by atoms with van der Waals surface area (Å²) in [4.78, 5) is 12.6. The number of carbonyl (C=O) groups is 1. The summed E-state index contributed by atoms with van der Waals surface area (Å²) in [5.74, 6) is 3.63. The molecule has 1 aromatic rings. The smallest absolute Gasteiger partial charge is 0.133 e. The third-order valence-corrected chi connectivity index (χ3v) is 8.37. The molecule has 0 aromatic heterocycles. The average molecular weight is 407 g/mol. The summed E-state index contributed by atoms with van der Waals surface area (Å²) in [7, 11) is 0. The number of Topliss-reactive ketones (excluding diaryl/α,β-unsaturated/α-hetero) is 1. The number of allylic oxidation sites excluding steroid dienone is 2. The Morgan fingerprint density at radius 2 is 1.87 bits per heavy atom. The maximum atomic E-state index is 12.6. The van der Waals surface area contributed by atoms with Gasteiger partial charge < -0.3 is 0 Å². The van der Waals surface area contributed by atoms with Gasteiger partial charge in [0.05, 0.1) is 0 Å². The van der Waals surface area contributed by atoms with Gasteiger partial charge in [0.1, 0.15) is 5.78 Å². The summed E-state index contributed by atoms with van der Waals surface area (Å²) in [6, 6.07) is 7.05. The van der Waals surface area contributed by atoms with Crippen LogP contribution in [0.5, 0.6) is 0 Å². The molecule has 164 valence electrons. The van der Waals surface area contributed by atoms with E-state index in [-0.39, 0.29) is 0 Å². The van der Waals surface area contributed by atoms with E-state index in [1.54, 1.807) is 27.8 Å². The Balaban J connectivity index is 1.45. The van der Waals surface area contributed by atoms with Crippen molar-refractivity contribution < 1.29 is 4.79 Å². The Morgan fingerprint density at radius 3 is 2.60 bits per heavy atom. The predicted octanol–water partition coefficient (Wildman–Crippen LogP) is 7.95. The van der Waals surface area contributed by atoms with E-state index in [1.807, 2.05) is 0 Å². The van der Waals surface area contributed by atoms with Gasteiger partial charge in [-0.15, -0.1) is 0 Å². The number of hydrogen-bond donors (Lipinski definition) is 0. The molecule has 1 unspecified atom stereocenters. The molecule has 1 saturated carbocycles. The van der Waals surface area contributed by atoms with Crippen molar-refractivity contribution in [2.75, 3.05) is 0 Å². The molecule has 0 heterocycles. The van der Waals surface area contributed by atoms with E-state index in [0.29, 0.717) is 11.7 Å². The second-order valence-corrected chi connectivity index (χ2v) is 10.8. The van der Waals surface area contributed by atoms with Gasteiger partial charge in [-0.1, -0.05) is 57.4 Å². The topological polar surface area (TPSA) is 17.1 Å². The first-order valence-electron chi connectivity index (χ1n) is 12.9. The third-order valence-electron chi connectivity index (χ3n) is 8.37. The van der Waals surface area contributed by atoms with Crippen LogP contribution in [-0.4, -0.2) is 5.78 Å². The van der Waals surface area contributed by atoms with Crippen LogP contribution in [-0.2, 0) is 17.6 Å². The van der Waals surface area contributed by atoms with Crippen LogP contribution in [0.25, 0.3) is 5.57 Å². The highest BCUT2D eigenvalue weighted by Crippen LogP contribution is 2.50. The van der Waals surface area contributed by atoms with Gasteiger partial charge in [-0.2, -0.15) is 0 Å². The lowest BCUT2D eigenvalue weighted by Gasteiger charge is -2.31. The molecule has 0 spiro atoms. The summed E-state index contributed by atoms with van der Waals surface area (Å²) in [6.07, 6.45) is 15.5. The minimum Gasteiger partial charge on any atom is -0.300 e. The molecule has 30 heavy (non-hydrogen) atoms. The van der Waals surface area contributed by atoms with Crippen LogP contribution in [0, 0.1) is 23.7 Å². The highest BCUT2D eigenvalue weighted by atomic mass is 16.1. The quantitative estimate of drug-likeness (QED) is 0.380. The first kappa shape index (κ1) is 21.8. The van der Waals surface area contributed by atoms with Gasteiger partial charge in [0.2, 0.25) is 0 Å². The second kappa shape index (κ2) is 9.84. The molecule has 1 atom stereocenters. The van der Waals surface area contributed by atoms with E-state index < -0.39 is 0 Å². The SMILES string of the molecule is CCCCCC(=O)CC1CCC2=C1c1c(cccc1C[C@H]1CC[C@H](C(C)C)CC1)C2. The number of rotatable bonds is 9. The molecule has 1 fully saturated rings. The van der Waals surface area contributed by atoms with Crippen molar-refractivity contribution in [2.45, 2.75) is 104 Å². The van der Waals surface area contributed by atoms with Crippen molar-refractivity contribution in [2.24, 2.45) is 23.7 Å². The third kappa shape index (κ3) is 4.76. The van der Waals surface area contributed by atoms with E-state index in [9.17, 15) is 4.79 Å². The zero-order valence-electron chi connectivity index (χ0n) is 19.6. The highest BCUT2D eigenvalue weighted by molar-refractivity contribution is 5.86. The molecule has 0 N–H and O–H groups in total. The van der Waals surface area contributed by atoms with Crippen molar-refractivity contribution in [3.63, 3.8) is 0 Å². The molecule has 0 saturated heterocycles. The summed E-state index contributed by atoms with van der Waals surface area (Å²) in [6.45, 7) is 7.00. The molecule has 1 nitrogen and oxygen atoms in total. The molecule has 3 aliphatic rings. The normalized spacial score (nSPS) is 25.7. The largest absolute Gasteiger partial charge is 0.300 e. The molecule has 0 bridgehead atoms. The Morgan fingerprint density at radius 1 is 1.07 bits per heavy atom. The molecule has 1 heteroatoms. The summed E-state index contributed by atoms with van der Waals surface area (Å²) < 4.78 is 0. The van der Waals surface area contributed by atoms with Crippen LogP contribution in [0.3, 0.4) is 0 Å². The van der Waals surface area contributed by atoms with Crippen molar-refractivity contribution >= 4 is 11.4 Å². The number of ketones is 1. The van der Waals surface area contributed by atoms with E-state index >= 15 is 0 Å². The molecule has 1 aromatic carbocycles. The lowest BCUT2D eigenvalue weighted by atomic mass is 9.74. The van der Waals surface area contributed by atoms with Gasteiger partial charge >= 0.3 is 0 Å². The average Bonchev–Trinajstić information content (AvgIpc) is 3.29. The predicted molar refractivity (Wildman–Crippen MR) is 128 cm³/mol. The van der Waals surface area contributed by atoms with E-state index in [0.717, 1.165) is 43.4 Å². The molecular weight excluding hydrogens is 364 g/mol. The molecule has 0 radical (unpaired) electrons. The maximum absolute atomic E-state index is 12.6. The van der Waals surface area contributed by atoms with Crippen molar-refractivity contribution in [1.29, 1.82) is 0 Å². The Hall–Kier alpha value is -1.37. The number of fused-ring (bicyclic) bond motifs is 2. The first-order chi connectivity index (χ1) is 14.6. The van der Waals surface area contributed by atoms with Crippen LogP contribution in [0.1, 0.15) is 108 Å². The van der Waals surface area contributed by atoms with Gasteiger partial charge in [0.25, 0.3) is 0 Å².